The van der Waals surface area contributed by atoms with E-state index in [1.807, 2.05) is 17.1 Å². The van der Waals surface area contributed by atoms with Crippen molar-refractivity contribution in [1.82, 2.24) is 10.2 Å². The van der Waals surface area contributed by atoms with Crippen LogP contribution in [0.15, 0.2) is 72.8 Å². The van der Waals surface area contributed by atoms with Crippen molar-refractivity contribution in [1.29, 1.82) is 0 Å². The van der Waals surface area contributed by atoms with Gasteiger partial charge in [0.05, 0.1) is 6.67 Å². The van der Waals surface area contributed by atoms with Gasteiger partial charge in [-0.05, 0) is 85.3 Å². The molecule has 0 saturated carbocycles. The summed E-state index contributed by atoms with van der Waals surface area (Å²) in [5, 5.41) is 2.95. The molecule has 1 aliphatic carbocycles. The quantitative estimate of drug-likeness (QED) is 0.327. The number of allylic oxidation sites excluding steroid dienone is 1. The van der Waals surface area contributed by atoms with Gasteiger partial charge in [-0.1, -0.05) is 24.3 Å². The largest absolute Gasteiger partial charge is 0.339 e. The summed E-state index contributed by atoms with van der Waals surface area (Å²) in [6, 6.07) is 13.5. The Hall–Kier alpha value is -3.72. The maximum Gasteiger partial charge on any atom is 0.247 e. The number of halogens is 5. The van der Waals surface area contributed by atoms with Crippen LogP contribution in [0.25, 0.3) is 0 Å². The first-order valence-electron chi connectivity index (χ1n) is 13.4. The fourth-order valence-corrected chi connectivity index (χ4v) is 6.60. The van der Waals surface area contributed by atoms with Crippen LogP contribution < -0.4 is 10.2 Å². The number of nitrogens with one attached hydrogen (secondary N) is 1. The Balaban J connectivity index is 1.25. The van der Waals surface area contributed by atoms with Crippen molar-refractivity contribution in [3.63, 3.8) is 0 Å². The Morgan fingerprint density at radius 1 is 0.750 bits per heavy atom. The lowest BCUT2D eigenvalue weighted by Gasteiger charge is -2.47. The summed E-state index contributed by atoms with van der Waals surface area (Å²) >= 11 is 0. The van der Waals surface area contributed by atoms with Crippen molar-refractivity contribution in [2.45, 2.75) is 42.7 Å². The molecule has 0 radical (unpaired) electrons. The van der Waals surface area contributed by atoms with Gasteiger partial charge >= 0.3 is 0 Å². The number of nitrogens with zero attached hydrogens (tertiary/aromatic N) is 2. The number of carbonyl (C=O) groups is 1. The van der Waals surface area contributed by atoms with Crippen molar-refractivity contribution in [3.8, 4) is 0 Å². The summed E-state index contributed by atoms with van der Waals surface area (Å²) in [6.07, 6.45) is 6.15. The van der Waals surface area contributed by atoms with Crippen LogP contribution in [0.2, 0.25) is 0 Å². The second kappa shape index (κ2) is 10.0. The van der Waals surface area contributed by atoms with Crippen molar-refractivity contribution >= 4 is 11.6 Å². The van der Waals surface area contributed by atoms with Gasteiger partial charge in [0.25, 0.3) is 0 Å². The smallest absolute Gasteiger partial charge is 0.247 e. The Morgan fingerprint density at radius 3 is 1.88 bits per heavy atom. The number of benzene rings is 3. The number of piperidine rings is 1. The summed E-state index contributed by atoms with van der Waals surface area (Å²) < 4.78 is 69.6. The Morgan fingerprint density at radius 2 is 1.35 bits per heavy atom. The molecule has 1 atom stereocenters. The first kappa shape index (κ1) is 26.5. The van der Waals surface area contributed by atoms with E-state index >= 15 is 0 Å². The minimum absolute atomic E-state index is 0.0183. The van der Waals surface area contributed by atoms with Gasteiger partial charge in [-0.3, -0.25) is 9.69 Å². The average molecular weight is 554 g/mol. The molecule has 0 aromatic heterocycles. The lowest BCUT2D eigenvalue weighted by atomic mass is 9.67. The highest BCUT2D eigenvalue weighted by atomic mass is 19.2. The van der Waals surface area contributed by atoms with E-state index in [4.69, 9.17) is 0 Å². The molecule has 3 aromatic rings. The number of likely N-dealkylation sites (tertiary alicyclic amines) is 1. The van der Waals surface area contributed by atoms with Gasteiger partial charge in [0.2, 0.25) is 5.91 Å². The van der Waals surface area contributed by atoms with Crippen molar-refractivity contribution < 1.29 is 26.7 Å². The number of anilines is 1. The van der Waals surface area contributed by atoms with E-state index in [0.717, 1.165) is 30.0 Å². The number of carbonyl (C=O) groups excluding carboxylic acids is 1. The zero-order valence-electron chi connectivity index (χ0n) is 21.6. The Bertz CT molecular complexity index is 1410. The molecule has 1 spiro atoms. The van der Waals surface area contributed by atoms with Crippen LogP contribution in [0.5, 0.6) is 0 Å². The standard InChI is InChI=1S/C31H28F5N3O/c32-22-3-5-24(6-4-22)39-19-37-29(40)31(39)13-15-38(16-14-31)23-9-11-30(12-10-23,20-1-7-25(33)27(35)17-20)21-2-8-26(34)28(36)18-21/h1-9,11,17-18,23H,10,12-16,19H2,(H,37,40). The summed E-state index contributed by atoms with van der Waals surface area (Å²) in [6.45, 7) is 1.64. The lowest BCUT2D eigenvalue weighted by molar-refractivity contribution is -0.125. The van der Waals surface area contributed by atoms with Crippen LogP contribution in [0.3, 0.4) is 0 Å². The second-order valence-electron chi connectivity index (χ2n) is 10.8. The molecule has 4 nitrogen and oxygen atoms in total. The fraction of sp³-hybridized carbons (Fsp3) is 0.323. The zero-order valence-corrected chi connectivity index (χ0v) is 21.6. The maximum absolute atomic E-state index is 14.3. The third kappa shape index (κ3) is 4.36. The van der Waals surface area contributed by atoms with E-state index in [1.54, 1.807) is 12.1 Å². The van der Waals surface area contributed by atoms with Crippen molar-refractivity contribution in [2.75, 3.05) is 24.7 Å². The van der Waals surface area contributed by atoms with Crippen molar-refractivity contribution in [2.24, 2.45) is 0 Å². The maximum atomic E-state index is 14.3. The molecule has 2 heterocycles. The first-order chi connectivity index (χ1) is 19.2. The van der Waals surface area contributed by atoms with Gasteiger partial charge < -0.3 is 10.2 Å². The summed E-state index contributed by atoms with van der Waals surface area (Å²) in [4.78, 5) is 17.3. The van der Waals surface area contributed by atoms with E-state index in [-0.39, 0.29) is 17.8 Å². The van der Waals surface area contributed by atoms with Gasteiger partial charge in [-0.25, -0.2) is 22.0 Å². The molecular weight excluding hydrogens is 525 g/mol. The summed E-state index contributed by atoms with van der Waals surface area (Å²) in [5.74, 6) is -4.33. The molecule has 2 aliphatic heterocycles. The molecular formula is C31H28F5N3O. The first-order valence-corrected chi connectivity index (χ1v) is 13.4. The predicted molar refractivity (Wildman–Crippen MR) is 141 cm³/mol. The Labute approximate surface area is 229 Å². The minimum atomic E-state index is -1.00. The number of rotatable bonds is 4. The molecule has 2 saturated heterocycles. The van der Waals surface area contributed by atoms with E-state index in [9.17, 15) is 26.7 Å². The molecule has 9 heteroatoms. The molecule has 6 rings (SSSR count). The highest BCUT2D eigenvalue weighted by Gasteiger charge is 2.51. The molecule has 40 heavy (non-hydrogen) atoms. The highest BCUT2D eigenvalue weighted by Crippen LogP contribution is 2.44. The topological polar surface area (TPSA) is 35.6 Å². The molecule has 1 N–H and O–H groups in total. The van der Waals surface area contributed by atoms with Gasteiger partial charge in [0.15, 0.2) is 23.3 Å². The molecule has 0 bridgehead atoms. The van der Waals surface area contributed by atoms with Gasteiger partial charge in [0, 0.05) is 30.2 Å². The number of hydrogen-bond acceptors (Lipinski definition) is 3. The summed E-state index contributed by atoms with van der Waals surface area (Å²) in [7, 11) is 0. The van der Waals surface area contributed by atoms with Crippen LogP contribution in [0.1, 0.15) is 36.8 Å². The Kier molecular flexibility index (Phi) is 6.65. The average Bonchev–Trinajstić information content (AvgIpc) is 3.27. The fourth-order valence-electron chi connectivity index (χ4n) is 6.60. The summed E-state index contributed by atoms with van der Waals surface area (Å²) in [5.41, 5.74) is 0.0350. The third-order valence-electron chi connectivity index (χ3n) is 8.88. The highest BCUT2D eigenvalue weighted by molar-refractivity contribution is 5.93. The van der Waals surface area contributed by atoms with Crippen LogP contribution in [-0.4, -0.2) is 42.1 Å². The minimum Gasteiger partial charge on any atom is -0.339 e. The normalized spacial score (nSPS) is 22.1. The SMILES string of the molecule is O=C1NCN(c2ccc(F)cc2)C12CCN(C1C=CC(c3ccc(F)c(F)c3)(c3ccc(F)c(F)c3)CC1)CC2. The molecule has 3 aromatic carbocycles. The zero-order chi connectivity index (χ0) is 28.1. The number of amides is 1. The van der Waals surface area contributed by atoms with E-state index in [0.29, 0.717) is 56.6 Å². The van der Waals surface area contributed by atoms with Gasteiger partial charge in [-0.2, -0.15) is 0 Å². The molecule has 1 amide bonds. The molecule has 2 fully saturated rings. The predicted octanol–water partition coefficient (Wildman–Crippen LogP) is 5.82. The molecule has 3 aliphatic rings. The monoisotopic (exact) mass is 553 g/mol. The van der Waals surface area contributed by atoms with Gasteiger partial charge in [0.1, 0.15) is 11.4 Å². The second-order valence-corrected chi connectivity index (χ2v) is 10.8. The van der Waals surface area contributed by atoms with Crippen LogP contribution >= 0.6 is 0 Å². The van der Waals surface area contributed by atoms with E-state index in [2.05, 4.69) is 10.2 Å². The third-order valence-corrected chi connectivity index (χ3v) is 8.88. The van der Waals surface area contributed by atoms with E-state index in [1.165, 1.54) is 24.3 Å². The van der Waals surface area contributed by atoms with E-state index < -0.39 is 34.2 Å². The molecule has 1 unspecified atom stereocenters. The number of hydrogen-bond donors (Lipinski definition) is 1. The van der Waals surface area contributed by atoms with Crippen LogP contribution in [0, 0.1) is 29.1 Å². The molecule has 208 valence electrons. The van der Waals surface area contributed by atoms with Crippen molar-refractivity contribution in [3.05, 3.63) is 113 Å². The van der Waals surface area contributed by atoms with Crippen LogP contribution in [-0.2, 0) is 10.2 Å². The van der Waals surface area contributed by atoms with Gasteiger partial charge in [-0.15, -0.1) is 0 Å². The lowest BCUT2D eigenvalue weighted by Crippen LogP contribution is -2.58. The van der Waals surface area contributed by atoms with Crippen LogP contribution in [0.4, 0.5) is 27.6 Å².